The number of anilines is 1. The number of unbranched alkanes of at least 4 members (excludes halogenated alkanes) is 1. The molecule has 31 heavy (non-hydrogen) atoms. The predicted octanol–water partition coefficient (Wildman–Crippen LogP) is -0.548. The van der Waals surface area contributed by atoms with Gasteiger partial charge in [-0.3, -0.25) is 25.6 Å². The van der Waals surface area contributed by atoms with Crippen LogP contribution in [0.1, 0.15) is 26.2 Å². The van der Waals surface area contributed by atoms with E-state index < -0.39 is 18.1 Å². The number of nitrogens with one attached hydrogen (secondary N) is 4. The smallest absolute Gasteiger partial charge is 0.407 e. The second-order valence-corrected chi connectivity index (χ2v) is 6.78. The molecule has 0 bridgehead atoms. The molecular formula is C18H30N6O7. The number of hydrogen-bond acceptors (Lipinski definition) is 10. The molecule has 1 aliphatic rings. The molecule has 0 spiro atoms. The van der Waals surface area contributed by atoms with Crippen LogP contribution in [0, 0.1) is 0 Å². The largest absolute Gasteiger partial charge is 0.480 e. The molecule has 13 heteroatoms. The van der Waals surface area contributed by atoms with Gasteiger partial charge in [0, 0.05) is 19.6 Å². The molecule has 0 aliphatic carbocycles. The van der Waals surface area contributed by atoms with Crippen molar-refractivity contribution in [3.05, 3.63) is 6.07 Å². The number of nitrogens with zero attached hydrogens (tertiary/aromatic N) is 2. The number of ether oxygens (including phenoxy) is 2. The number of aliphatic carboxylic acids is 1. The van der Waals surface area contributed by atoms with Gasteiger partial charge in [0.05, 0.1) is 25.8 Å². The van der Waals surface area contributed by atoms with Crippen LogP contribution in [0.4, 0.5) is 10.7 Å². The van der Waals surface area contributed by atoms with E-state index >= 15 is 0 Å². The van der Waals surface area contributed by atoms with E-state index in [1.807, 2.05) is 6.92 Å². The van der Waals surface area contributed by atoms with Crippen molar-refractivity contribution in [1.82, 2.24) is 26.4 Å². The summed E-state index contributed by atoms with van der Waals surface area (Å²) in [6.07, 6.45) is 1.82. The Morgan fingerprint density at radius 3 is 2.84 bits per heavy atom. The highest BCUT2D eigenvalue weighted by molar-refractivity contribution is 5.82. The van der Waals surface area contributed by atoms with Gasteiger partial charge >= 0.3 is 12.1 Å². The van der Waals surface area contributed by atoms with E-state index in [0.29, 0.717) is 25.9 Å². The molecule has 2 amide bonds. The number of rotatable bonds is 15. The van der Waals surface area contributed by atoms with Crippen molar-refractivity contribution in [2.24, 2.45) is 0 Å². The van der Waals surface area contributed by atoms with E-state index in [1.54, 1.807) is 0 Å². The van der Waals surface area contributed by atoms with Crippen molar-refractivity contribution in [3.8, 4) is 5.88 Å². The first-order chi connectivity index (χ1) is 15.0. The third-order valence-corrected chi connectivity index (χ3v) is 4.33. The number of hydrogen-bond donors (Lipinski definition) is 5. The third-order valence-electron chi connectivity index (χ3n) is 4.33. The number of carboxylic acids is 1. The lowest BCUT2D eigenvalue weighted by atomic mass is 10.3. The monoisotopic (exact) mass is 442 g/mol. The van der Waals surface area contributed by atoms with E-state index in [0.717, 1.165) is 31.0 Å². The maximum Gasteiger partial charge on any atom is 0.407 e. The van der Waals surface area contributed by atoms with Crippen LogP contribution in [0.3, 0.4) is 0 Å². The Bertz CT molecular complexity index is 695. The molecule has 0 radical (unpaired) electrons. The Morgan fingerprint density at radius 2 is 2.16 bits per heavy atom. The van der Waals surface area contributed by atoms with Gasteiger partial charge in [0.1, 0.15) is 12.3 Å². The normalized spacial score (nSPS) is 14.7. The molecule has 1 saturated heterocycles. The second-order valence-electron chi connectivity index (χ2n) is 6.78. The summed E-state index contributed by atoms with van der Waals surface area (Å²) < 4.78 is 15.4. The molecule has 5 N–H and O–H groups in total. The Morgan fingerprint density at radius 1 is 1.39 bits per heavy atom. The average molecular weight is 442 g/mol. The van der Waals surface area contributed by atoms with Crippen LogP contribution in [-0.2, 0) is 14.3 Å². The lowest BCUT2D eigenvalue weighted by Crippen LogP contribution is -2.48. The van der Waals surface area contributed by atoms with Crippen molar-refractivity contribution in [3.63, 3.8) is 0 Å². The fourth-order valence-electron chi connectivity index (χ4n) is 2.66. The topological polar surface area (TPSA) is 167 Å². The summed E-state index contributed by atoms with van der Waals surface area (Å²) in [6, 6.07) is -0.0157. The zero-order valence-corrected chi connectivity index (χ0v) is 17.5. The quantitative estimate of drug-likeness (QED) is 0.175. The molecule has 1 aromatic heterocycles. The fourth-order valence-corrected chi connectivity index (χ4v) is 2.66. The van der Waals surface area contributed by atoms with E-state index in [2.05, 4.69) is 26.4 Å². The van der Waals surface area contributed by atoms with Gasteiger partial charge in [-0.1, -0.05) is 13.3 Å². The van der Waals surface area contributed by atoms with E-state index in [4.69, 9.17) is 14.0 Å². The van der Waals surface area contributed by atoms with Crippen molar-refractivity contribution in [2.75, 3.05) is 44.3 Å². The Balaban J connectivity index is 1.78. The van der Waals surface area contributed by atoms with Gasteiger partial charge in [-0.25, -0.2) is 9.59 Å². The highest BCUT2D eigenvalue weighted by atomic mass is 16.6. The first-order valence-electron chi connectivity index (χ1n) is 10.2. The number of alkyl carbamates (subject to hydrolysis) is 1. The molecule has 13 nitrogen and oxygen atoms in total. The number of carbonyl (C=O) groups is 3. The van der Waals surface area contributed by atoms with Crippen LogP contribution < -0.4 is 30.9 Å². The Labute approximate surface area is 179 Å². The standard InChI is InChI=1S/C18H30N6O7/c1-2-3-8-30-18(28)22-13(16(26)27)11-24(12-25)15-10-14(23-31-15)29-9-4-5-19-17-20-6-7-21-17/h10,12-13,17,19-21H,2-9,11H2,1H3,(H,22,28)(H,26,27). The summed E-state index contributed by atoms with van der Waals surface area (Å²) in [7, 11) is 0. The highest BCUT2D eigenvalue weighted by Gasteiger charge is 2.26. The minimum Gasteiger partial charge on any atom is -0.480 e. The molecule has 1 aromatic rings. The van der Waals surface area contributed by atoms with Gasteiger partial charge < -0.3 is 24.4 Å². The summed E-state index contributed by atoms with van der Waals surface area (Å²) in [4.78, 5) is 35.6. The highest BCUT2D eigenvalue weighted by Crippen LogP contribution is 2.20. The van der Waals surface area contributed by atoms with Crippen LogP contribution in [0.5, 0.6) is 5.88 Å². The van der Waals surface area contributed by atoms with Crippen molar-refractivity contribution < 1.29 is 33.5 Å². The molecule has 1 aliphatic heterocycles. The molecule has 2 rings (SSSR count). The molecule has 0 aromatic carbocycles. The van der Waals surface area contributed by atoms with E-state index in [1.165, 1.54) is 6.07 Å². The summed E-state index contributed by atoms with van der Waals surface area (Å²) in [5, 5.41) is 25.0. The van der Waals surface area contributed by atoms with Crippen LogP contribution in [0.2, 0.25) is 0 Å². The van der Waals surface area contributed by atoms with Gasteiger partial charge in [0.15, 0.2) is 0 Å². The minimum atomic E-state index is -1.39. The molecule has 174 valence electrons. The SMILES string of the molecule is CCCCOC(=O)NC(CN(C=O)c1cc(OCCCNC2NCCN2)no1)C(=O)O. The first-order valence-corrected chi connectivity index (χ1v) is 10.2. The van der Waals surface area contributed by atoms with Gasteiger partial charge in [-0.2, -0.15) is 0 Å². The molecule has 1 atom stereocenters. The van der Waals surface area contributed by atoms with Crippen LogP contribution in [0.25, 0.3) is 0 Å². The molecule has 1 fully saturated rings. The van der Waals surface area contributed by atoms with Crippen LogP contribution in [-0.4, -0.2) is 80.5 Å². The Hall–Kier alpha value is -2.90. The number of amides is 2. The Kier molecular flexibility index (Phi) is 10.5. The summed E-state index contributed by atoms with van der Waals surface area (Å²) in [5.74, 6) is -1.17. The van der Waals surface area contributed by atoms with Gasteiger partial charge in [-0.15, -0.1) is 0 Å². The molecule has 2 heterocycles. The zero-order valence-electron chi connectivity index (χ0n) is 17.5. The lowest BCUT2D eigenvalue weighted by molar-refractivity contribution is -0.139. The number of aromatic nitrogens is 1. The van der Waals surface area contributed by atoms with Crippen LogP contribution >= 0.6 is 0 Å². The average Bonchev–Trinajstić information content (AvgIpc) is 3.43. The number of carboxylic acid groups (broad SMARTS) is 1. The van der Waals surface area contributed by atoms with E-state index in [-0.39, 0.29) is 31.2 Å². The molecule has 1 unspecified atom stereocenters. The molecule has 0 saturated carbocycles. The predicted molar refractivity (Wildman–Crippen MR) is 109 cm³/mol. The van der Waals surface area contributed by atoms with E-state index in [9.17, 15) is 19.5 Å². The van der Waals surface area contributed by atoms with Gasteiger partial charge in [0.2, 0.25) is 12.3 Å². The summed E-state index contributed by atoms with van der Waals surface area (Å²) >= 11 is 0. The maximum atomic E-state index is 11.7. The van der Waals surface area contributed by atoms with Crippen LogP contribution in [0.15, 0.2) is 10.6 Å². The van der Waals surface area contributed by atoms with Crippen molar-refractivity contribution in [2.45, 2.75) is 38.5 Å². The second kappa shape index (κ2) is 13.4. The van der Waals surface area contributed by atoms with Crippen molar-refractivity contribution in [1.29, 1.82) is 0 Å². The minimum absolute atomic E-state index is 0.00474. The lowest BCUT2D eigenvalue weighted by Gasteiger charge is -2.19. The third kappa shape index (κ3) is 8.78. The maximum absolute atomic E-state index is 11.7. The van der Waals surface area contributed by atoms with Gasteiger partial charge in [-0.05, 0) is 18.0 Å². The zero-order chi connectivity index (χ0) is 22.5. The van der Waals surface area contributed by atoms with Gasteiger partial charge in [0.25, 0.3) is 5.88 Å². The number of carbonyl (C=O) groups excluding carboxylic acids is 2. The molecular weight excluding hydrogens is 412 g/mol. The van der Waals surface area contributed by atoms with Crippen molar-refractivity contribution >= 4 is 24.4 Å². The first kappa shape index (κ1) is 24.4. The summed E-state index contributed by atoms with van der Waals surface area (Å²) in [5.41, 5.74) is 0. The summed E-state index contributed by atoms with van der Waals surface area (Å²) in [6.45, 7) is 4.66. The fraction of sp³-hybridized carbons (Fsp3) is 0.667.